The topological polar surface area (TPSA) is 97.5 Å². The van der Waals surface area contributed by atoms with Gasteiger partial charge >= 0.3 is 6.03 Å². The third kappa shape index (κ3) is 3.33. The van der Waals surface area contributed by atoms with Crippen LogP contribution in [0.3, 0.4) is 0 Å². The number of halogens is 1. The van der Waals surface area contributed by atoms with Crippen molar-refractivity contribution in [2.75, 3.05) is 25.0 Å². The molecule has 0 spiro atoms. The van der Waals surface area contributed by atoms with Crippen molar-refractivity contribution < 1.29 is 14.0 Å². The molecule has 10 heteroatoms. The van der Waals surface area contributed by atoms with E-state index in [2.05, 4.69) is 39.2 Å². The standard InChI is InChI=1S/C22H28FN7O2/c1-13-10-28-8-4-7-22(28,3)12-30(13)21(32)29-11-16-18(14(29)2)26-27-19(16)25-20(31)17-6-5-15(23)9-24-17/h5-6,9,13-14H,4,7-8,10-12H2,1-3H3,(H2,25,26,27,31)/t13-,14?,22+/m0/s1. The van der Waals surface area contributed by atoms with Gasteiger partial charge in [0.15, 0.2) is 5.82 Å². The number of H-pyrrole nitrogens is 1. The Morgan fingerprint density at radius 3 is 2.84 bits per heavy atom. The zero-order valence-electron chi connectivity index (χ0n) is 18.6. The summed E-state index contributed by atoms with van der Waals surface area (Å²) >= 11 is 0. The molecule has 0 aliphatic carbocycles. The first kappa shape index (κ1) is 20.9. The van der Waals surface area contributed by atoms with Crippen molar-refractivity contribution >= 4 is 17.8 Å². The van der Waals surface area contributed by atoms with Crippen molar-refractivity contribution in [1.82, 2.24) is 29.9 Å². The lowest BCUT2D eigenvalue weighted by Gasteiger charge is -2.49. The van der Waals surface area contributed by atoms with E-state index in [0.717, 1.165) is 43.5 Å². The largest absolute Gasteiger partial charge is 0.321 e. The Balaban J connectivity index is 1.32. The molecule has 32 heavy (non-hydrogen) atoms. The van der Waals surface area contributed by atoms with Crippen LogP contribution in [0.5, 0.6) is 0 Å². The van der Waals surface area contributed by atoms with Crippen LogP contribution >= 0.6 is 0 Å². The van der Waals surface area contributed by atoms with Crippen LogP contribution in [-0.4, -0.2) is 73.0 Å². The van der Waals surface area contributed by atoms with Crippen LogP contribution in [0.2, 0.25) is 0 Å². The van der Waals surface area contributed by atoms with Gasteiger partial charge in [-0.05, 0) is 52.3 Å². The fourth-order valence-corrected chi connectivity index (χ4v) is 5.30. The molecule has 0 saturated carbocycles. The maximum absolute atomic E-state index is 13.6. The van der Waals surface area contributed by atoms with Crippen molar-refractivity contribution in [2.45, 2.75) is 57.8 Å². The first-order valence-electron chi connectivity index (χ1n) is 11.1. The van der Waals surface area contributed by atoms with E-state index >= 15 is 0 Å². The number of carbonyl (C=O) groups is 2. The van der Waals surface area contributed by atoms with Crippen molar-refractivity contribution in [2.24, 2.45) is 0 Å². The van der Waals surface area contributed by atoms with Crippen LogP contribution in [-0.2, 0) is 6.54 Å². The number of urea groups is 1. The zero-order valence-corrected chi connectivity index (χ0v) is 18.6. The van der Waals surface area contributed by atoms with Gasteiger partial charge in [-0.3, -0.25) is 14.8 Å². The minimum Gasteiger partial charge on any atom is -0.319 e. The third-order valence-electron chi connectivity index (χ3n) is 7.23. The molecule has 170 valence electrons. The predicted octanol–water partition coefficient (Wildman–Crippen LogP) is 2.75. The highest BCUT2D eigenvalue weighted by atomic mass is 19.1. The van der Waals surface area contributed by atoms with Gasteiger partial charge < -0.3 is 15.1 Å². The van der Waals surface area contributed by atoms with Gasteiger partial charge in [0.25, 0.3) is 5.91 Å². The van der Waals surface area contributed by atoms with E-state index in [9.17, 15) is 14.0 Å². The highest BCUT2D eigenvalue weighted by molar-refractivity contribution is 6.02. The van der Waals surface area contributed by atoms with Crippen LogP contribution in [0, 0.1) is 5.82 Å². The third-order valence-corrected chi connectivity index (χ3v) is 7.23. The molecule has 0 radical (unpaired) electrons. The van der Waals surface area contributed by atoms with E-state index in [1.54, 1.807) is 0 Å². The van der Waals surface area contributed by atoms with Gasteiger partial charge in [-0.15, -0.1) is 0 Å². The molecule has 3 atom stereocenters. The van der Waals surface area contributed by atoms with Crippen molar-refractivity contribution in [3.8, 4) is 0 Å². The fourth-order valence-electron chi connectivity index (χ4n) is 5.30. The number of anilines is 1. The lowest BCUT2D eigenvalue weighted by Crippen LogP contribution is -2.64. The summed E-state index contributed by atoms with van der Waals surface area (Å²) in [6.07, 6.45) is 3.28. The summed E-state index contributed by atoms with van der Waals surface area (Å²) < 4.78 is 13.1. The number of pyridine rings is 1. The molecular weight excluding hydrogens is 413 g/mol. The molecule has 5 rings (SSSR count). The van der Waals surface area contributed by atoms with Gasteiger partial charge in [0.2, 0.25) is 0 Å². The number of nitrogens with zero attached hydrogens (tertiary/aromatic N) is 5. The Kier molecular flexibility index (Phi) is 4.92. The highest BCUT2D eigenvalue weighted by Gasteiger charge is 2.47. The molecule has 5 heterocycles. The Morgan fingerprint density at radius 2 is 2.09 bits per heavy atom. The molecule has 2 fully saturated rings. The maximum atomic E-state index is 13.6. The monoisotopic (exact) mass is 441 g/mol. The predicted molar refractivity (Wildman–Crippen MR) is 115 cm³/mol. The minimum absolute atomic E-state index is 0.0138. The van der Waals surface area contributed by atoms with Crippen LogP contribution in [0.1, 0.15) is 61.4 Å². The normalized spacial score (nSPS) is 27.4. The number of hydrogen-bond donors (Lipinski definition) is 2. The summed E-state index contributed by atoms with van der Waals surface area (Å²) in [7, 11) is 0. The van der Waals surface area contributed by atoms with Crippen molar-refractivity contribution in [1.29, 1.82) is 0 Å². The average molecular weight is 442 g/mol. The molecule has 1 unspecified atom stereocenters. The molecule has 2 aromatic rings. The lowest BCUT2D eigenvalue weighted by atomic mass is 9.94. The van der Waals surface area contributed by atoms with Crippen LogP contribution < -0.4 is 5.32 Å². The summed E-state index contributed by atoms with van der Waals surface area (Å²) in [6.45, 7) is 9.41. The maximum Gasteiger partial charge on any atom is 0.321 e. The minimum atomic E-state index is -0.508. The van der Waals surface area contributed by atoms with Crippen molar-refractivity contribution in [3.05, 3.63) is 41.1 Å². The van der Waals surface area contributed by atoms with Gasteiger partial charge in [-0.25, -0.2) is 14.2 Å². The van der Waals surface area contributed by atoms with Crippen LogP contribution in [0.4, 0.5) is 15.0 Å². The first-order valence-corrected chi connectivity index (χ1v) is 11.1. The molecule has 0 bridgehead atoms. The average Bonchev–Trinajstić information content (AvgIpc) is 3.43. The molecule has 2 saturated heterocycles. The molecule has 9 nitrogen and oxygen atoms in total. The summed E-state index contributed by atoms with van der Waals surface area (Å²) in [5.41, 5.74) is 1.75. The number of aromatic amines is 1. The summed E-state index contributed by atoms with van der Waals surface area (Å²) in [6, 6.07) is 2.48. The molecule has 3 amide bonds. The number of hydrogen-bond acceptors (Lipinski definition) is 5. The Bertz CT molecular complexity index is 1060. The van der Waals surface area contributed by atoms with Gasteiger partial charge in [0, 0.05) is 30.2 Å². The van der Waals surface area contributed by atoms with Gasteiger partial charge in [-0.2, -0.15) is 5.10 Å². The van der Waals surface area contributed by atoms with Crippen LogP contribution in [0.25, 0.3) is 0 Å². The Hall–Kier alpha value is -3.01. The molecule has 3 aliphatic heterocycles. The number of aromatic nitrogens is 3. The second-order valence-electron chi connectivity index (χ2n) is 9.39. The number of nitrogens with one attached hydrogen (secondary N) is 2. The number of carbonyl (C=O) groups excluding carboxylic acids is 2. The van der Waals surface area contributed by atoms with Crippen LogP contribution in [0.15, 0.2) is 18.3 Å². The van der Waals surface area contributed by atoms with Gasteiger partial charge in [0.1, 0.15) is 11.5 Å². The Morgan fingerprint density at radius 1 is 1.28 bits per heavy atom. The molecule has 2 aromatic heterocycles. The number of fused-ring (bicyclic) bond motifs is 2. The van der Waals surface area contributed by atoms with E-state index in [1.165, 1.54) is 18.6 Å². The van der Waals surface area contributed by atoms with E-state index in [0.29, 0.717) is 12.4 Å². The number of rotatable bonds is 2. The van der Waals surface area contributed by atoms with E-state index < -0.39 is 11.7 Å². The number of amides is 3. The first-order chi connectivity index (χ1) is 15.3. The fraction of sp³-hybridized carbons (Fsp3) is 0.545. The van der Waals surface area contributed by atoms with Gasteiger partial charge in [-0.1, -0.05) is 0 Å². The molecule has 2 N–H and O–H groups in total. The summed E-state index contributed by atoms with van der Waals surface area (Å²) in [5.74, 6) is -0.610. The summed E-state index contributed by atoms with van der Waals surface area (Å²) in [4.78, 5) is 36.2. The van der Waals surface area contributed by atoms with Crippen molar-refractivity contribution in [3.63, 3.8) is 0 Å². The summed E-state index contributed by atoms with van der Waals surface area (Å²) in [5, 5.41) is 9.95. The molecular formula is C22H28FN7O2. The quantitative estimate of drug-likeness (QED) is 0.747. The van der Waals surface area contributed by atoms with E-state index in [4.69, 9.17) is 0 Å². The smallest absolute Gasteiger partial charge is 0.319 e. The van der Waals surface area contributed by atoms with E-state index in [-0.39, 0.29) is 29.3 Å². The SMILES string of the molecule is CC1c2[nH]nc(NC(=O)c3ccc(F)cn3)c2CN1C(=O)N1C[C@@]2(C)CCCN2C[C@@H]1C. The van der Waals surface area contributed by atoms with Gasteiger partial charge in [0.05, 0.1) is 24.5 Å². The number of piperazine rings is 1. The highest BCUT2D eigenvalue weighted by Crippen LogP contribution is 2.39. The van der Waals surface area contributed by atoms with E-state index in [1.807, 2.05) is 16.7 Å². The molecule has 3 aliphatic rings. The second kappa shape index (κ2) is 7.54. The molecule has 0 aromatic carbocycles. The zero-order chi connectivity index (χ0) is 22.6. The second-order valence-corrected chi connectivity index (χ2v) is 9.39. The lowest BCUT2D eigenvalue weighted by molar-refractivity contribution is 0.0134. The Labute approximate surface area is 186 Å².